The highest BCUT2D eigenvalue weighted by atomic mass is 32.2. The Hall–Kier alpha value is -2.06. The van der Waals surface area contributed by atoms with E-state index in [4.69, 9.17) is 5.26 Å². The van der Waals surface area contributed by atoms with Crippen molar-refractivity contribution in [2.75, 3.05) is 0 Å². The second kappa shape index (κ2) is 6.40. The van der Waals surface area contributed by atoms with Gasteiger partial charge < -0.3 is 4.98 Å². The quantitative estimate of drug-likeness (QED) is 0.692. The minimum absolute atomic E-state index is 0.118. The van der Waals surface area contributed by atoms with Gasteiger partial charge in [-0.2, -0.15) is 5.26 Å². The van der Waals surface area contributed by atoms with Crippen LogP contribution in [0, 0.1) is 18.3 Å². The smallest absolute Gasteiger partial charge is 0.269 e. The Balaban J connectivity index is 2.21. The van der Waals surface area contributed by atoms with Crippen molar-refractivity contribution in [1.82, 2.24) is 9.97 Å². The van der Waals surface area contributed by atoms with Crippen molar-refractivity contribution < 1.29 is 0 Å². The zero-order chi connectivity index (χ0) is 14.5. The molecule has 1 aromatic carbocycles. The van der Waals surface area contributed by atoms with Crippen LogP contribution in [0.1, 0.15) is 29.3 Å². The molecule has 0 fully saturated rings. The molecule has 20 heavy (non-hydrogen) atoms. The number of aryl methyl sites for hydroxylation is 2. The Labute approximate surface area is 121 Å². The summed E-state index contributed by atoms with van der Waals surface area (Å²) in [7, 11) is 0. The van der Waals surface area contributed by atoms with Crippen LogP contribution in [0.15, 0.2) is 34.2 Å². The zero-order valence-corrected chi connectivity index (χ0v) is 12.3. The molecule has 0 spiro atoms. The lowest BCUT2D eigenvalue weighted by atomic mass is 10.2. The third kappa shape index (κ3) is 3.28. The SMILES string of the molecule is CCc1nc(SCc2cccc(C)c2)[nH]c(=O)c1C#N. The number of benzene rings is 1. The Morgan fingerprint density at radius 3 is 2.90 bits per heavy atom. The molecule has 0 saturated heterocycles. The molecule has 5 heteroatoms. The highest BCUT2D eigenvalue weighted by Gasteiger charge is 2.09. The van der Waals surface area contributed by atoms with E-state index in [0.717, 1.165) is 5.75 Å². The topological polar surface area (TPSA) is 69.5 Å². The number of aromatic nitrogens is 2. The molecule has 0 amide bonds. The molecule has 0 aliphatic rings. The maximum absolute atomic E-state index is 11.8. The minimum Gasteiger partial charge on any atom is -0.300 e. The number of aromatic amines is 1. The summed E-state index contributed by atoms with van der Waals surface area (Å²) in [6, 6.07) is 10.1. The molecule has 1 aromatic heterocycles. The van der Waals surface area contributed by atoms with Crippen molar-refractivity contribution in [3.05, 3.63) is 57.0 Å². The van der Waals surface area contributed by atoms with Gasteiger partial charge in [0.2, 0.25) is 0 Å². The standard InChI is InChI=1S/C15H15N3OS/c1-3-13-12(8-16)14(19)18-15(17-13)20-9-11-6-4-5-10(2)7-11/h4-7H,3,9H2,1-2H3,(H,17,18,19). The molecule has 0 atom stereocenters. The molecule has 2 rings (SSSR count). The fraction of sp³-hybridized carbons (Fsp3) is 0.267. The van der Waals surface area contributed by atoms with Gasteiger partial charge >= 0.3 is 0 Å². The van der Waals surface area contributed by atoms with E-state index in [1.165, 1.54) is 22.9 Å². The van der Waals surface area contributed by atoms with E-state index in [1.807, 2.05) is 38.1 Å². The van der Waals surface area contributed by atoms with Gasteiger partial charge in [0.1, 0.15) is 11.6 Å². The molecular formula is C15H15N3OS. The van der Waals surface area contributed by atoms with E-state index in [0.29, 0.717) is 17.3 Å². The van der Waals surface area contributed by atoms with Gasteiger partial charge in [-0.1, -0.05) is 48.5 Å². The first-order valence-corrected chi connectivity index (χ1v) is 7.34. The fourth-order valence-corrected chi connectivity index (χ4v) is 2.71. The van der Waals surface area contributed by atoms with Crippen LogP contribution in [0.25, 0.3) is 0 Å². The van der Waals surface area contributed by atoms with Crippen LogP contribution in [0.5, 0.6) is 0 Å². The van der Waals surface area contributed by atoms with E-state index in [2.05, 4.69) is 16.0 Å². The van der Waals surface area contributed by atoms with E-state index in [9.17, 15) is 4.79 Å². The fourth-order valence-electron chi connectivity index (χ4n) is 1.89. The molecule has 102 valence electrons. The number of nitrogens with one attached hydrogen (secondary N) is 1. The Morgan fingerprint density at radius 2 is 2.25 bits per heavy atom. The second-order valence-electron chi connectivity index (χ2n) is 4.44. The molecule has 4 nitrogen and oxygen atoms in total. The third-order valence-corrected chi connectivity index (χ3v) is 3.82. The lowest BCUT2D eigenvalue weighted by Gasteiger charge is -2.05. The van der Waals surface area contributed by atoms with Crippen molar-refractivity contribution in [1.29, 1.82) is 5.26 Å². The summed E-state index contributed by atoms with van der Waals surface area (Å²) < 4.78 is 0. The molecule has 0 unspecified atom stereocenters. The number of nitriles is 1. The van der Waals surface area contributed by atoms with Gasteiger partial charge in [0.05, 0.1) is 5.69 Å². The summed E-state index contributed by atoms with van der Waals surface area (Å²) in [6.45, 7) is 3.93. The third-order valence-electron chi connectivity index (χ3n) is 2.88. The summed E-state index contributed by atoms with van der Waals surface area (Å²) in [5.41, 5.74) is 2.71. The molecular weight excluding hydrogens is 270 g/mol. The van der Waals surface area contributed by atoms with Crippen molar-refractivity contribution in [2.45, 2.75) is 31.2 Å². The maximum Gasteiger partial charge on any atom is 0.269 e. The summed E-state index contributed by atoms with van der Waals surface area (Å²) in [5, 5.41) is 9.51. The Morgan fingerprint density at radius 1 is 1.45 bits per heavy atom. The highest BCUT2D eigenvalue weighted by molar-refractivity contribution is 7.98. The molecule has 0 radical (unpaired) electrons. The number of rotatable bonds is 4. The number of thioether (sulfide) groups is 1. The number of H-pyrrole nitrogens is 1. The van der Waals surface area contributed by atoms with Crippen LogP contribution in [0.3, 0.4) is 0 Å². The summed E-state index contributed by atoms with van der Waals surface area (Å²) in [5.74, 6) is 0.736. The normalized spacial score (nSPS) is 10.2. The maximum atomic E-state index is 11.8. The van der Waals surface area contributed by atoms with Gasteiger partial charge in [0.25, 0.3) is 5.56 Å². The van der Waals surface area contributed by atoms with Gasteiger partial charge in [-0.05, 0) is 18.9 Å². The minimum atomic E-state index is -0.355. The second-order valence-corrected chi connectivity index (χ2v) is 5.40. The predicted molar refractivity (Wildman–Crippen MR) is 79.7 cm³/mol. The van der Waals surface area contributed by atoms with Crippen LogP contribution in [-0.4, -0.2) is 9.97 Å². The summed E-state index contributed by atoms with van der Waals surface area (Å²) >= 11 is 1.47. The first-order valence-electron chi connectivity index (χ1n) is 6.35. The van der Waals surface area contributed by atoms with Crippen LogP contribution in [-0.2, 0) is 12.2 Å². The van der Waals surface area contributed by atoms with Crippen LogP contribution in [0.4, 0.5) is 0 Å². The van der Waals surface area contributed by atoms with Crippen molar-refractivity contribution in [2.24, 2.45) is 0 Å². The van der Waals surface area contributed by atoms with Crippen LogP contribution < -0.4 is 5.56 Å². The molecule has 1 N–H and O–H groups in total. The molecule has 0 aliphatic carbocycles. The molecule has 0 bridgehead atoms. The lowest BCUT2D eigenvalue weighted by Crippen LogP contribution is -2.16. The van der Waals surface area contributed by atoms with Crippen molar-refractivity contribution in [3.8, 4) is 6.07 Å². The molecule has 1 heterocycles. The Bertz CT molecular complexity index is 716. The van der Waals surface area contributed by atoms with E-state index < -0.39 is 0 Å². The van der Waals surface area contributed by atoms with Gasteiger partial charge in [-0.3, -0.25) is 4.79 Å². The number of hydrogen-bond donors (Lipinski definition) is 1. The van der Waals surface area contributed by atoms with Gasteiger partial charge in [0, 0.05) is 5.75 Å². The average molecular weight is 285 g/mol. The van der Waals surface area contributed by atoms with Gasteiger partial charge in [0.15, 0.2) is 5.16 Å². The molecule has 0 aliphatic heterocycles. The highest BCUT2D eigenvalue weighted by Crippen LogP contribution is 2.19. The lowest BCUT2D eigenvalue weighted by molar-refractivity contribution is 0.859. The van der Waals surface area contributed by atoms with Gasteiger partial charge in [-0.25, -0.2) is 4.98 Å². The van der Waals surface area contributed by atoms with Gasteiger partial charge in [-0.15, -0.1) is 0 Å². The summed E-state index contributed by atoms with van der Waals surface area (Å²) in [6.07, 6.45) is 0.574. The monoisotopic (exact) mass is 285 g/mol. The van der Waals surface area contributed by atoms with E-state index >= 15 is 0 Å². The number of nitrogens with zero attached hydrogens (tertiary/aromatic N) is 2. The van der Waals surface area contributed by atoms with Crippen LogP contribution in [0.2, 0.25) is 0 Å². The molecule has 2 aromatic rings. The van der Waals surface area contributed by atoms with Crippen molar-refractivity contribution >= 4 is 11.8 Å². The van der Waals surface area contributed by atoms with Crippen molar-refractivity contribution in [3.63, 3.8) is 0 Å². The summed E-state index contributed by atoms with van der Waals surface area (Å²) in [4.78, 5) is 18.8. The zero-order valence-electron chi connectivity index (χ0n) is 11.4. The van der Waals surface area contributed by atoms with Crippen LogP contribution >= 0.6 is 11.8 Å². The predicted octanol–water partition coefficient (Wildman–Crippen LogP) is 2.80. The first-order chi connectivity index (χ1) is 9.63. The molecule has 0 saturated carbocycles. The largest absolute Gasteiger partial charge is 0.300 e. The Kier molecular flexibility index (Phi) is 4.59. The first kappa shape index (κ1) is 14.4. The van der Waals surface area contributed by atoms with E-state index in [1.54, 1.807) is 0 Å². The average Bonchev–Trinajstić information content (AvgIpc) is 2.44. The number of hydrogen-bond acceptors (Lipinski definition) is 4. The van der Waals surface area contributed by atoms with E-state index in [-0.39, 0.29) is 11.1 Å².